The Morgan fingerprint density at radius 3 is 2.81 bits per heavy atom. The summed E-state index contributed by atoms with van der Waals surface area (Å²) in [7, 11) is 0. The molecule has 0 aliphatic heterocycles. The molecule has 84 valence electrons. The summed E-state index contributed by atoms with van der Waals surface area (Å²) in [4.78, 5) is 4.60. The Bertz CT molecular complexity index is 440. The summed E-state index contributed by atoms with van der Waals surface area (Å²) in [5, 5.41) is 8.15. The molecule has 0 saturated heterocycles. The van der Waals surface area contributed by atoms with Gasteiger partial charge in [-0.1, -0.05) is 30.3 Å². The fourth-order valence-electron chi connectivity index (χ4n) is 1.44. The van der Waals surface area contributed by atoms with Gasteiger partial charge in [0.25, 0.3) is 0 Å². The Morgan fingerprint density at radius 1 is 1.38 bits per heavy atom. The number of para-hydroxylation sites is 1. The van der Waals surface area contributed by atoms with Crippen molar-refractivity contribution >= 4 is 0 Å². The van der Waals surface area contributed by atoms with Crippen LogP contribution in [-0.4, -0.2) is 21.6 Å². The number of nitrogens with zero attached hydrogens (tertiary/aromatic N) is 3. The number of hydrogen-bond donors (Lipinski definition) is 1. The highest BCUT2D eigenvalue weighted by Crippen LogP contribution is 2.13. The van der Waals surface area contributed by atoms with Crippen LogP contribution in [-0.2, 0) is 4.84 Å². The maximum absolute atomic E-state index is 5.03. The van der Waals surface area contributed by atoms with Crippen LogP contribution in [0.15, 0.2) is 36.5 Å². The summed E-state index contributed by atoms with van der Waals surface area (Å²) < 4.78 is 1.74. The van der Waals surface area contributed by atoms with Gasteiger partial charge >= 0.3 is 0 Å². The lowest BCUT2D eigenvalue weighted by Gasteiger charge is -2.03. The first kappa shape index (κ1) is 10.8. The molecule has 1 unspecified atom stereocenters. The van der Waals surface area contributed by atoms with Gasteiger partial charge in [-0.15, -0.1) is 5.10 Å². The van der Waals surface area contributed by atoms with Crippen molar-refractivity contribution in [2.45, 2.75) is 12.8 Å². The van der Waals surface area contributed by atoms with E-state index < -0.39 is 0 Å². The van der Waals surface area contributed by atoms with Crippen LogP contribution in [0.3, 0.4) is 0 Å². The van der Waals surface area contributed by atoms with Crippen molar-refractivity contribution in [3.8, 4) is 5.69 Å². The van der Waals surface area contributed by atoms with Crippen molar-refractivity contribution in [3.05, 3.63) is 42.2 Å². The molecule has 0 aliphatic carbocycles. The summed E-state index contributed by atoms with van der Waals surface area (Å²) in [6.07, 6.45) is 1.89. The molecular weight excluding hydrogens is 204 g/mol. The SMILES string of the molecule is CC(CON)c1cn(-c2ccccc2)nn1. The Hall–Kier alpha value is -1.72. The minimum absolute atomic E-state index is 0.141. The molecule has 0 amide bonds. The summed E-state index contributed by atoms with van der Waals surface area (Å²) in [5.41, 5.74) is 1.86. The van der Waals surface area contributed by atoms with Crippen molar-refractivity contribution in [2.24, 2.45) is 5.90 Å². The van der Waals surface area contributed by atoms with E-state index in [9.17, 15) is 0 Å². The van der Waals surface area contributed by atoms with Crippen LogP contribution >= 0.6 is 0 Å². The highest BCUT2D eigenvalue weighted by Gasteiger charge is 2.10. The average Bonchev–Trinajstić information content (AvgIpc) is 2.80. The van der Waals surface area contributed by atoms with E-state index in [-0.39, 0.29) is 5.92 Å². The third-order valence-electron chi connectivity index (χ3n) is 2.38. The van der Waals surface area contributed by atoms with Crippen LogP contribution in [0, 0.1) is 0 Å². The van der Waals surface area contributed by atoms with Crippen LogP contribution in [0.25, 0.3) is 5.69 Å². The second-order valence-electron chi connectivity index (χ2n) is 3.66. The molecule has 2 rings (SSSR count). The molecule has 0 aliphatic rings. The zero-order valence-electron chi connectivity index (χ0n) is 9.08. The summed E-state index contributed by atoms with van der Waals surface area (Å²) >= 11 is 0. The molecule has 0 bridgehead atoms. The molecule has 2 N–H and O–H groups in total. The van der Waals surface area contributed by atoms with Crippen LogP contribution in [0.4, 0.5) is 0 Å². The summed E-state index contributed by atoms with van der Waals surface area (Å²) in [5.74, 6) is 5.17. The maximum atomic E-state index is 5.03. The number of aromatic nitrogens is 3. The van der Waals surface area contributed by atoms with Crippen LogP contribution in [0.2, 0.25) is 0 Å². The van der Waals surface area contributed by atoms with Crippen LogP contribution in [0.1, 0.15) is 18.5 Å². The van der Waals surface area contributed by atoms with Crippen molar-refractivity contribution < 1.29 is 4.84 Å². The van der Waals surface area contributed by atoms with E-state index in [0.717, 1.165) is 11.4 Å². The van der Waals surface area contributed by atoms with Gasteiger partial charge in [0.15, 0.2) is 0 Å². The lowest BCUT2D eigenvalue weighted by molar-refractivity contribution is 0.126. The molecule has 0 spiro atoms. The molecule has 2 aromatic rings. The molecule has 16 heavy (non-hydrogen) atoms. The van der Waals surface area contributed by atoms with Gasteiger partial charge in [0.1, 0.15) is 0 Å². The molecule has 5 nitrogen and oxygen atoms in total. The Labute approximate surface area is 93.8 Å². The lowest BCUT2D eigenvalue weighted by atomic mass is 10.1. The highest BCUT2D eigenvalue weighted by atomic mass is 16.6. The number of benzene rings is 1. The lowest BCUT2D eigenvalue weighted by Crippen LogP contribution is -2.08. The first-order valence-corrected chi connectivity index (χ1v) is 5.10. The Balaban J connectivity index is 2.20. The Kier molecular flexibility index (Phi) is 3.28. The van der Waals surface area contributed by atoms with E-state index in [1.165, 1.54) is 0 Å². The molecule has 1 heterocycles. The van der Waals surface area contributed by atoms with Gasteiger partial charge in [0.2, 0.25) is 0 Å². The molecule has 1 aromatic heterocycles. The standard InChI is InChI=1S/C11H14N4O/c1-9(8-16-12)11-7-15(14-13-11)10-5-3-2-4-6-10/h2-7,9H,8,12H2,1H3. The summed E-state index contributed by atoms with van der Waals surface area (Å²) in [6, 6.07) is 9.84. The molecule has 5 heteroatoms. The monoisotopic (exact) mass is 218 g/mol. The topological polar surface area (TPSA) is 66.0 Å². The quantitative estimate of drug-likeness (QED) is 0.784. The molecular formula is C11H14N4O. The first-order valence-electron chi connectivity index (χ1n) is 5.10. The van der Waals surface area contributed by atoms with Crippen molar-refractivity contribution in [1.82, 2.24) is 15.0 Å². The van der Waals surface area contributed by atoms with Crippen molar-refractivity contribution in [3.63, 3.8) is 0 Å². The predicted octanol–water partition coefficient (Wildman–Crippen LogP) is 1.26. The van der Waals surface area contributed by atoms with Gasteiger partial charge < -0.3 is 4.84 Å². The third kappa shape index (κ3) is 2.26. The van der Waals surface area contributed by atoms with Gasteiger partial charge in [0.05, 0.1) is 24.2 Å². The normalized spacial score (nSPS) is 12.6. The smallest absolute Gasteiger partial charge is 0.0883 e. The largest absolute Gasteiger partial charge is 0.304 e. The summed E-state index contributed by atoms with van der Waals surface area (Å²) in [6.45, 7) is 2.43. The van der Waals surface area contributed by atoms with Gasteiger partial charge in [-0.25, -0.2) is 10.6 Å². The van der Waals surface area contributed by atoms with E-state index >= 15 is 0 Å². The van der Waals surface area contributed by atoms with Gasteiger partial charge in [-0.2, -0.15) is 0 Å². The fourth-order valence-corrected chi connectivity index (χ4v) is 1.44. The maximum Gasteiger partial charge on any atom is 0.0883 e. The van der Waals surface area contributed by atoms with E-state index in [4.69, 9.17) is 5.90 Å². The molecule has 0 radical (unpaired) electrons. The van der Waals surface area contributed by atoms with Crippen LogP contribution < -0.4 is 5.90 Å². The molecule has 1 aromatic carbocycles. The fraction of sp³-hybridized carbons (Fsp3) is 0.273. The predicted molar refractivity (Wildman–Crippen MR) is 59.9 cm³/mol. The second-order valence-corrected chi connectivity index (χ2v) is 3.66. The van der Waals surface area contributed by atoms with E-state index in [1.807, 2.05) is 43.5 Å². The van der Waals surface area contributed by atoms with Gasteiger partial charge in [0, 0.05) is 5.92 Å². The van der Waals surface area contributed by atoms with E-state index in [1.54, 1.807) is 4.68 Å². The van der Waals surface area contributed by atoms with E-state index in [2.05, 4.69) is 15.1 Å². The molecule has 0 saturated carbocycles. The second kappa shape index (κ2) is 4.87. The van der Waals surface area contributed by atoms with E-state index in [0.29, 0.717) is 6.61 Å². The average molecular weight is 218 g/mol. The number of hydrogen-bond acceptors (Lipinski definition) is 4. The number of rotatable bonds is 4. The first-order chi connectivity index (χ1) is 7.81. The van der Waals surface area contributed by atoms with Crippen LogP contribution in [0.5, 0.6) is 0 Å². The van der Waals surface area contributed by atoms with Gasteiger partial charge in [-0.05, 0) is 12.1 Å². The number of nitrogens with two attached hydrogens (primary N) is 1. The Morgan fingerprint density at radius 2 is 2.12 bits per heavy atom. The zero-order valence-corrected chi connectivity index (χ0v) is 9.08. The van der Waals surface area contributed by atoms with Gasteiger partial charge in [-0.3, -0.25) is 0 Å². The minimum atomic E-state index is 0.141. The van der Waals surface area contributed by atoms with Crippen molar-refractivity contribution in [1.29, 1.82) is 0 Å². The third-order valence-corrected chi connectivity index (χ3v) is 2.38. The molecule has 1 atom stereocenters. The highest BCUT2D eigenvalue weighted by molar-refractivity contribution is 5.30. The minimum Gasteiger partial charge on any atom is -0.304 e. The molecule has 0 fully saturated rings. The van der Waals surface area contributed by atoms with Crippen molar-refractivity contribution in [2.75, 3.05) is 6.61 Å². The zero-order chi connectivity index (χ0) is 11.4.